The Bertz CT molecular complexity index is 629. The van der Waals surface area contributed by atoms with Crippen LogP contribution in [0.25, 0.3) is 11.3 Å². The van der Waals surface area contributed by atoms with Gasteiger partial charge in [0, 0.05) is 12.1 Å². The molecule has 1 aromatic carbocycles. The molecule has 110 valence electrons. The number of benzene rings is 1. The highest BCUT2D eigenvalue weighted by Gasteiger charge is 2.23. The molecule has 0 radical (unpaired) electrons. The average Bonchev–Trinajstić information content (AvgIpc) is 3.30. The molecule has 0 bridgehead atoms. The number of ether oxygens (including phenoxy) is 1. The molecule has 21 heavy (non-hydrogen) atoms. The van der Waals surface area contributed by atoms with Crippen LogP contribution < -0.4 is 10.1 Å². The third-order valence-electron chi connectivity index (χ3n) is 3.21. The maximum absolute atomic E-state index is 14.0. The Kier molecular flexibility index (Phi) is 3.99. The fourth-order valence-corrected chi connectivity index (χ4v) is 1.99. The van der Waals surface area contributed by atoms with Crippen molar-refractivity contribution in [2.45, 2.75) is 32.3 Å². The van der Waals surface area contributed by atoms with Gasteiger partial charge in [0.1, 0.15) is 11.4 Å². The molecule has 0 atom stereocenters. The van der Waals surface area contributed by atoms with E-state index in [1.165, 1.54) is 6.20 Å². The molecule has 1 heterocycles. The lowest BCUT2D eigenvalue weighted by Gasteiger charge is -2.09. The summed E-state index contributed by atoms with van der Waals surface area (Å²) in [7, 11) is 0. The van der Waals surface area contributed by atoms with Crippen LogP contribution in [0.15, 0.2) is 30.5 Å². The highest BCUT2D eigenvalue weighted by Crippen LogP contribution is 2.30. The van der Waals surface area contributed by atoms with Gasteiger partial charge in [-0.05, 0) is 31.4 Å². The second kappa shape index (κ2) is 6.08. The summed E-state index contributed by atoms with van der Waals surface area (Å²) in [5.41, 5.74) is 0.998. The number of nitrogens with zero attached hydrogens (tertiary/aromatic N) is 2. The van der Waals surface area contributed by atoms with Gasteiger partial charge < -0.3 is 10.1 Å². The minimum Gasteiger partial charge on any atom is -0.490 e. The predicted molar refractivity (Wildman–Crippen MR) is 79.9 cm³/mol. The standard InChI is InChI=1S/C16H18FN3O/c1-2-8-18-16-19-10-14(17)15(20-16)11-4-3-5-13(9-11)21-12-6-7-12/h3-5,9-10,12H,2,6-8H2,1H3,(H,18,19,20). The number of hydrogen-bond acceptors (Lipinski definition) is 4. The number of nitrogens with one attached hydrogen (secondary N) is 1. The molecule has 0 aliphatic heterocycles. The largest absolute Gasteiger partial charge is 0.490 e. The lowest BCUT2D eigenvalue weighted by Crippen LogP contribution is -2.06. The van der Waals surface area contributed by atoms with Crippen molar-refractivity contribution in [1.29, 1.82) is 0 Å². The molecule has 1 fully saturated rings. The summed E-state index contributed by atoms with van der Waals surface area (Å²) < 4.78 is 19.7. The van der Waals surface area contributed by atoms with Gasteiger partial charge in [-0.25, -0.2) is 14.4 Å². The molecular formula is C16H18FN3O. The summed E-state index contributed by atoms with van der Waals surface area (Å²) in [5, 5.41) is 3.07. The van der Waals surface area contributed by atoms with Crippen molar-refractivity contribution in [2.24, 2.45) is 0 Å². The number of aromatic nitrogens is 2. The van der Waals surface area contributed by atoms with E-state index in [9.17, 15) is 4.39 Å². The first-order valence-electron chi connectivity index (χ1n) is 7.30. The highest BCUT2D eigenvalue weighted by atomic mass is 19.1. The third kappa shape index (κ3) is 3.48. The minimum atomic E-state index is -0.430. The molecule has 1 aromatic heterocycles. The Hall–Kier alpha value is -2.17. The summed E-state index contributed by atoms with van der Waals surface area (Å²) in [4.78, 5) is 8.22. The van der Waals surface area contributed by atoms with Crippen LogP contribution in [0.4, 0.5) is 10.3 Å². The Morgan fingerprint density at radius 3 is 3.00 bits per heavy atom. The molecule has 0 amide bonds. The van der Waals surface area contributed by atoms with Crippen molar-refractivity contribution >= 4 is 5.95 Å². The summed E-state index contributed by atoms with van der Waals surface area (Å²) in [6, 6.07) is 7.40. The summed E-state index contributed by atoms with van der Waals surface area (Å²) in [5.74, 6) is 0.776. The first kappa shape index (κ1) is 13.8. The van der Waals surface area contributed by atoms with Crippen molar-refractivity contribution in [1.82, 2.24) is 9.97 Å². The zero-order valence-electron chi connectivity index (χ0n) is 12.0. The predicted octanol–water partition coefficient (Wildman–Crippen LogP) is 3.65. The van der Waals surface area contributed by atoms with Crippen LogP contribution in [0.1, 0.15) is 26.2 Å². The average molecular weight is 287 g/mol. The van der Waals surface area contributed by atoms with Crippen LogP contribution in [0, 0.1) is 5.82 Å². The molecule has 3 rings (SSSR count). The lowest BCUT2D eigenvalue weighted by atomic mass is 10.1. The Balaban J connectivity index is 1.87. The zero-order valence-corrected chi connectivity index (χ0v) is 12.0. The number of rotatable bonds is 6. The molecule has 2 aromatic rings. The van der Waals surface area contributed by atoms with Crippen LogP contribution in [-0.4, -0.2) is 22.6 Å². The van der Waals surface area contributed by atoms with E-state index < -0.39 is 5.82 Å². The van der Waals surface area contributed by atoms with E-state index in [0.29, 0.717) is 23.3 Å². The fraction of sp³-hybridized carbons (Fsp3) is 0.375. The molecule has 1 aliphatic rings. The van der Waals surface area contributed by atoms with Gasteiger partial charge in [-0.2, -0.15) is 0 Å². The minimum absolute atomic E-state index is 0.296. The van der Waals surface area contributed by atoms with Crippen LogP contribution >= 0.6 is 0 Å². The van der Waals surface area contributed by atoms with E-state index in [0.717, 1.165) is 31.6 Å². The molecule has 4 nitrogen and oxygen atoms in total. The van der Waals surface area contributed by atoms with Gasteiger partial charge in [-0.15, -0.1) is 0 Å². The second-order valence-corrected chi connectivity index (χ2v) is 5.16. The van der Waals surface area contributed by atoms with Gasteiger partial charge in [-0.3, -0.25) is 0 Å². The maximum atomic E-state index is 14.0. The maximum Gasteiger partial charge on any atom is 0.223 e. The van der Waals surface area contributed by atoms with E-state index in [1.54, 1.807) is 0 Å². The molecule has 0 saturated heterocycles. The van der Waals surface area contributed by atoms with Crippen LogP contribution in [-0.2, 0) is 0 Å². The zero-order chi connectivity index (χ0) is 14.7. The van der Waals surface area contributed by atoms with Crippen LogP contribution in [0.3, 0.4) is 0 Å². The van der Waals surface area contributed by atoms with E-state index in [1.807, 2.05) is 24.3 Å². The molecule has 1 aliphatic carbocycles. The van der Waals surface area contributed by atoms with Gasteiger partial charge in [0.2, 0.25) is 5.95 Å². The molecule has 1 saturated carbocycles. The summed E-state index contributed by atoms with van der Waals surface area (Å²) >= 11 is 0. The van der Waals surface area contributed by atoms with Crippen LogP contribution in [0.5, 0.6) is 5.75 Å². The van der Waals surface area contributed by atoms with Gasteiger partial charge in [0.05, 0.1) is 12.3 Å². The molecule has 1 N–H and O–H groups in total. The summed E-state index contributed by atoms with van der Waals surface area (Å²) in [6.07, 6.45) is 4.67. The monoisotopic (exact) mass is 287 g/mol. The van der Waals surface area contributed by atoms with Gasteiger partial charge in [0.25, 0.3) is 0 Å². The molecule has 0 spiro atoms. The second-order valence-electron chi connectivity index (χ2n) is 5.16. The van der Waals surface area contributed by atoms with E-state index in [2.05, 4.69) is 22.2 Å². The van der Waals surface area contributed by atoms with Gasteiger partial charge >= 0.3 is 0 Å². The quantitative estimate of drug-likeness (QED) is 0.881. The van der Waals surface area contributed by atoms with Gasteiger partial charge in [-0.1, -0.05) is 19.1 Å². The number of anilines is 1. The van der Waals surface area contributed by atoms with Gasteiger partial charge in [0.15, 0.2) is 5.82 Å². The normalized spacial score (nSPS) is 14.0. The van der Waals surface area contributed by atoms with Crippen molar-refractivity contribution in [3.05, 3.63) is 36.3 Å². The van der Waals surface area contributed by atoms with Crippen molar-refractivity contribution in [2.75, 3.05) is 11.9 Å². The Labute approximate surface area is 123 Å². The molecular weight excluding hydrogens is 269 g/mol. The van der Waals surface area contributed by atoms with E-state index in [4.69, 9.17) is 4.74 Å². The first-order valence-corrected chi connectivity index (χ1v) is 7.30. The van der Waals surface area contributed by atoms with Crippen molar-refractivity contribution in [3.8, 4) is 17.0 Å². The number of hydrogen-bond donors (Lipinski definition) is 1. The first-order chi connectivity index (χ1) is 10.3. The summed E-state index contributed by atoms with van der Waals surface area (Å²) in [6.45, 7) is 2.81. The van der Waals surface area contributed by atoms with E-state index >= 15 is 0 Å². The molecule has 0 unspecified atom stereocenters. The Morgan fingerprint density at radius 1 is 1.38 bits per heavy atom. The lowest BCUT2D eigenvalue weighted by molar-refractivity contribution is 0.303. The SMILES string of the molecule is CCCNc1ncc(F)c(-c2cccc(OC3CC3)c2)n1. The fourth-order valence-electron chi connectivity index (χ4n) is 1.99. The third-order valence-corrected chi connectivity index (χ3v) is 3.21. The molecule has 5 heteroatoms. The smallest absolute Gasteiger partial charge is 0.223 e. The van der Waals surface area contributed by atoms with Crippen LogP contribution in [0.2, 0.25) is 0 Å². The topological polar surface area (TPSA) is 47.0 Å². The number of halogens is 1. The van der Waals surface area contributed by atoms with Crippen molar-refractivity contribution < 1.29 is 9.13 Å². The van der Waals surface area contributed by atoms with Crippen molar-refractivity contribution in [3.63, 3.8) is 0 Å². The van der Waals surface area contributed by atoms with E-state index in [-0.39, 0.29) is 0 Å². The Morgan fingerprint density at radius 2 is 2.24 bits per heavy atom. The highest BCUT2D eigenvalue weighted by molar-refractivity contribution is 5.62.